The van der Waals surface area contributed by atoms with E-state index in [4.69, 9.17) is 4.42 Å². The van der Waals surface area contributed by atoms with Crippen LogP contribution in [0.25, 0.3) is 10.9 Å². The number of Topliss-reactive ketones (excluding diaryl/α,β-unsaturated/α-hetero) is 1. The molecule has 0 radical (unpaired) electrons. The number of aromatic nitrogens is 1. The van der Waals surface area contributed by atoms with Crippen molar-refractivity contribution >= 4 is 16.7 Å². The zero-order chi connectivity index (χ0) is 14.2. The van der Waals surface area contributed by atoms with Crippen LogP contribution in [0.2, 0.25) is 0 Å². The van der Waals surface area contributed by atoms with Crippen LogP contribution in [0, 0.1) is 0 Å². The molecule has 0 saturated carbocycles. The van der Waals surface area contributed by atoms with E-state index in [1.54, 1.807) is 0 Å². The van der Waals surface area contributed by atoms with Crippen LogP contribution in [0.15, 0.2) is 27.4 Å². The summed E-state index contributed by atoms with van der Waals surface area (Å²) in [4.78, 5) is 26.2. The number of halogens is 3. The Hall–Kier alpha value is -2.18. The first-order valence-corrected chi connectivity index (χ1v) is 5.28. The molecule has 0 atom stereocenters. The molecule has 1 aromatic carbocycles. The third-order valence-electron chi connectivity index (χ3n) is 2.40. The van der Waals surface area contributed by atoms with E-state index in [0.29, 0.717) is 0 Å². The predicted molar refractivity (Wildman–Crippen MR) is 59.7 cm³/mol. The summed E-state index contributed by atoms with van der Waals surface area (Å²) in [5, 5.41) is -0.0553. The number of carbonyl (C=O) groups is 1. The van der Waals surface area contributed by atoms with Gasteiger partial charge in [-0.3, -0.25) is 4.79 Å². The maximum atomic E-state index is 12.5. The summed E-state index contributed by atoms with van der Waals surface area (Å²) >= 11 is 0. The standard InChI is InChI=1S/C12H8F3NO3/c1-6(17)4-10-16-9-5-7(12(13,14)15)2-3-8(9)11(18)19-10/h2-3,5H,4H2,1H3. The minimum absolute atomic E-state index is 0.0553. The van der Waals surface area contributed by atoms with Crippen molar-refractivity contribution < 1.29 is 22.4 Å². The van der Waals surface area contributed by atoms with Crippen molar-refractivity contribution in [1.82, 2.24) is 4.98 Å². The summed E-state index contributed by atoms with van der Waals surface area (Å²) in [6.45, 7) is 1.26. The topological polar surface area (TPSA) is 60.2 Å². The molecule has 7 heteroatoms. The van der Waals surface area contributed by atoms with Crippen LogP contribution in [0.1, 0.15) is 18.4 Å². The minimum Gasteiger partial charge on any atom is -0.407 e. The minimum atomic E-state index is -4.52. The third-order valence-corrected chi connectivity index (χ3v) is 2.40. The molecule has 0 N–H and O–H groups in total. The number of hydrogen-bond acceptors (Lipinski definition) is 4. The summed E-state index contributed by atoms with van der Waals surface area (Å²) < 4.78 is 42.4. The average Bonchev–Trinajstić information content (AvgIpc) is 2.26. The Morgan fingerprint density at radius 2 is 2.05 bits per heavy atom. The van der Waals surface area contributed by atoms with Crippen LogP contribution < -0.4 is 5.63 Å². The Balaban J connectivity index is 2.63. The van der Waals surface area contributed by atoms with E-state index in [2.05, 4.69) is 4.98 Å². The number of nitrogens with zero attached hydrogens (tertiary/aromatic N) is 1. The number of hydrogen-bond donors (Lipinski definition) is 0. The lowest BCUT2D eigenvalue weighted by molar-refractivity contribution is -0.137. The third kappa shape index (κ3) is 2.81. The monoisotopic (exact) mass is 271 g/mol. The fourth-order valence-corrected chi connectivity index (χ4v) is 1.58. The van der Waals surface area contributed by atoms with Crippen LogP contribution in [0.4, 0.5) is 13.2 Å². The highest BCUT2D eigenvalue weighted by Gasteiger charge is 2.30. The van der Waals surface area contributed by atoms with Gasteiger partial charge >= 0.3 is 11.8 Å². The molecule has 0 unspecified atom stereocenters. The molecule has 0 amide bonds. The van der Waals surface area contributed by atoms with E-state index < -0.39 is 17.4 Å². The van der Waals surface area contributed by atoms with Crippen molar-refractivity contribution in [3.63, 3.8) is 0 Å². The quantitative estimate of drug-likeness (QED) is 0.841. The Labute approximate surface area is 104 Å². The zero-order valence-electron chi connectivity index (χ0n) is 9.75. The van der Waals surface area contributed by atoms with Gasteiger partial charge in [-0.2, -0.15) is 13.2 Å². The first-order valence-electron chi connectivity index (χ1n) is 5.28. The van der Waals surface area contributed by atoms with Crippen molar-refractivity contribution in [2.75, 3.05) is 0 Å². The fraction of sp³-hybridized carbons (Fsp3) is 0.250. The molecule has 0 aliphatic heterocycles. The van der Waals surface area contributed by atoms with Gasteiger partial charge in [-0.1, -0.05) is 0 Å². The van der Waals surface area contributed by atoms with E-state index in [1.807, 2.05) is 0 Å². The maximum absolute atomic E-state index is 12.5. The van der Waals surface area contributed by atoms with E-state index in [1.165, 1.54) is 6.92 Å². The highest BCUT2D eigenvalue weighted by Crippen LogP contribution is 2.30. The molecular formula is C12H8F3NO3. The van der Waals surface area contributed by atoms with Crippen LogP contribution in [-0.2, 0) is 17.4 Å². The van der Waals surface area contributed by atoms with Crippen molar-refractivity contribution in [3.05, 3.63) is 40.1 Å². The molecule has 19 heavy (non-hydrogen) atoms. The molecule has 1 aromatic heterocycles. The van der Waals surface area contributed by atoms with Crippen molar-refractivity contribution in [3.8, 4) is 0 Å². The van der Waals surface area contributed by atoms with Gasteiger partial charge in [-0.15, -0.1) is 0 Å². The number of benzene rings is 1. The molecule has 2 rings (SSSR count). The van der Waals surface area contributed by atoms with E-state index >= 15 is 0 Å². The second kappa shape index (κ2) is 4.49. The van der Waals surface area contributed by atoms with Gasteiger partial charge in [0.1, 0.15) is 5.78 Å². The molecule has 0 bridgehead atoms. The van der Waals surface area contributed by atoms with Gasteiger partial charge in [0.25, 0.3) is 0 Å². The summed E-state index contributed by atoms with van der Waals surface area (Å²) in [7, 11) is 0. The first-order chi connectivity index (χ1) is 8.77. The normalized spacial score (nSPS) is 11.8. The average molecular weight is 271 g/mol. The summed E-state index contributed by atoms with van der Waals surface area (Å²) in [6.07, 6.45) is -4.76. The highest BCUT2D eigenvalue weighted by molar-refractivity contribution is 5.80. The highest BCUT2D eigenvalue weighted by atomic mass is 19.4. The lowest BCUT2D eigenvalue weighted by atomic mass is 10.1. The van der Waals surface area contributed by atoms with E-state index in [-0.39, 0.29) is 29.0 Å². The Morgan fingerprint density at radius 1 is 1.37 bits per heavy atom. The Bertz CT molecular complexity index is 703. The van der Waals surface area contributed by atoms with Crippen LogP contribution >= 0.6 is 0 Å². The van der Waals surface area contributed by atoms with Crippen molar-refractivity contribution in [1.29, 1.82) is 0 Å². The van der Waals surface area contributed by atoms with Gasteiger partial charge in [-0.05, 0) is 25.1 Å². The molecule has 100 valence electrons. The van der Waals surface area contributed by atoms with Crippen LogP contribution in [0.5, 0.6) is 0 Å². The van der Waals surface area contributed by atoms with Crippen LogP contribution in [-0.4, -0.2) is 10.8 Å². The number of rotatable bonds is 2. The lowest BCUT2D eigenvalue weighted by Crippen LogP contribution is -2.10. The number of carbonyl (C=O) groups excluding carboxylic acids is 1. The largest absolute Gasteiger partial charge is 0.416 e. The summed E-state index contributed by atoms with van der Waals surface area (Å²) in [5.41, 5.74) is -1.86. The molecule has 0 spiro atoms. The lowest BCUT2D eigenvalue weighted by Gasteiger charge is -2.07. The maximum Gasteiger partial charge on any atom is 0.416 e. The molecule has 1 heterocycles. The van der Waals surface area contributed by atoms with Crippen LogP contribution in [0.3, 0.4) is 0 Å². The van der Waals surface area contributed by atoms with Gasteiger partial charge < -0.3 is 4.42 Å². The van der Waals surface area contributed by atoms with Gasteiger partial charge in [0, 0.05) is 0 Å². The van der Waals surface area contributed by atoms with E-state index in [0.717, 1.165) is 18.2 Å². The molecule has 0 aliphatic carbocycles. The molecule has 0 saturated heterocycles. The molecule has 0 fully saturated rings. The van der Waals surface area contributed by atoms with Gasteiger partial charge in [-0.25, -0.2) is 9.78 Å². The Morgan fingerprint density at radius 3 is 2.63 bits per heavy atom. The summed E-state index contributed by atoms with van der Waals surface area (Å²) in [5.74, 6) is -0.494. The second-order valence-electron chi connectivity index (χ2n) is 4.00. The first kappa shape index (κ1) is 13.3. The van der Waals surface area contributed by atoms with E-state index in [9.17, 15) is 22.8 Å². The predicted octanol–water partition coefficient (Wildman–Crippen LogP) is 2.34. The van der Waals surface area contributed by atoms with Gasteiger partial charge in [0.05, 0.1) is 22.9 Å². The fourth-order valence-electron chi connectivity index (χ4n) is 1.58. The van der Waals surface area contributed by atoms with Gasteiger partial charge in [0.2, 0.25) is 5.89 Å². The smallest absolute Gasteiger partial charge is 0.407 e. The molecule has 4 nitrogen and oxygen atoms in total. The summed E-state index contributed by atoms with van der Waals surface area (Å²) in [6, 6.07) is 2.55. The molecule has 0 aliphatic rings. The van der Waals surface area contributed by atoms with Crippen molar-refractivity contribution in [2.24, 2.45) is 0 Å². The number of fused-ring (bicyclic) bond motifs is 1. The molecular weight excluding hydrogens is 263 g/mol. The number of alkyl halides is 3. The number of ketones is 1. The SMILES string of the molecule is CC(=O)Cc1nc2cc(C(F)(F)F)ccc2c(=O)o1. The van der Waals surface area contributed by atoms with Gasteiger partial charge in [0.15, 0.2) is 0 Å². The second-order valence-corrected chi connectivity index (χ2v) is 4.00. The molecule has 2 aromatic rings. The Kier molecular flexibility index (Phi) is 3.13. The van der Waals surface area contributed by atoms with Crippen molar-refractivity contribution in [2.45, 2.75) is 19.5 Å². The zero-order valence-corrected chi connectivity index (χ0v) is 9.75.